The standard InChI is InChI=1S/C18H16N2OS2/c1-5-11-6-7-13-12(8-11)9-14(23-13)16(21)20-17-19-15(10-22-17)18(2,3)4/h1,6-10H,2-4H3,(H,19,20,21). The number of amides is 1. The highest BCUT2D eigenvalue weighted by atomic mass is 32.1. The van der Waals surface area contributed by atoms with Crippen LogP contribution in [-0.2, 0) is 5.41 Å². The second kappa shape index (κ2) is 5.80. The molecule has 2 heterocycles. The lowest BCUT2D eigenvalue weighted by molar-refractivity contribution is 0.103. The van der Waals surface area contributed by atoms with E-state index >= 15 is 0 Å². The number of anilines is 1. The maximum atomic E-state index is 12.4. The van der Waals surface area contributed by atoms with E-state index in [9.17, 15) is 4.79 Å². The molecule has 0 saturated carbocycles. The number of carbonyl (C=O) groups excluding carboxylic acids is 1. The van der Waals surface area contributed by atoms with Crippen molar-refractivity contribution in [3.63, 3.8) is 0 Å². The molecule has 1 N–H and O–H groups in total. The number of carbonyl (C=O) groups is 1. The van der Waals surface area contributed by atoms with E-state index in [2.05, 4.69) is 37.0 Å². The molecule has 1 aromatic carbocycles. The van der Waals surface area contributed by atoms with Crippen LogP contribution in [0.1, 0.15) is 41.7 Å². The molecule has 0 aliphatic rings. The first-order valence-corrected chi connectivity index (χ1v) is 8.84. The molecule has 5 heteroatoms. The van der Waals surface area contributed by atoms with Gasteiger partial charge in [-0.2, -0.15) is 0 Å². The zero-order valence-electron chi connectivity index (χ0n) is 13.1. The zero-order valence-corrected chi connectivity index (χ0v) is 14.8. The monoisotopic (exact) mass is 340 g/mol. The minimum atomic E-state index is -0.136. The number of nitrogens with one attached hydrogen (secondary N) is 1. The fourth-order valence-electron chi connectivity index (χ4n) is 2.08. The van der Waals surface area contributed by atoms with Gasteiger partial charge in [0, 0.05) is 21.1 Å². The first kappa shape index (κ1) is 15.7. The van der Waals surface area contributed by atoms with Gasteiger partial charge in [-0.1, -0.05) is 26.7 Å². The average molecular weight is 340 g/mol. The molecular weight excluding hydrogens is 324 g/mol. The molecular formula is C18H16N2OS2. The summed E-state index contributed by atoms with van der Waals surface area (Å²) in [6.45, 7) is 6.30. The highest BCUT2D eigenvalue weighted by Gasteiger charge is 2.19. The van der Waals surface area contributed by atoms with Gasteiger partial charge in [-0.05, 0) is 29.7 Å². The normalized spacial score (nSPS) is 11.4. The molecule has 23 heavy (non-hydrogen) atoms. The van der Waals surface area contributed by atoms with E-state index in [1.54, 1.807) is 0 Å². The van der Waals surface area contributed by atoms with Gasteiger partial charge in [0.25, 0.3) is 5.91 Å². The Morgan fingerprint density at radius 2 is 2.09 bits per heavy atom. The third-order valence-electron chi connectivity index (χ3n) is 3.40. The molecule has 116 valence electrons. The van der Waals surface area contributed by atoms with Crippen LogP contribution in [0.5, 0.6) is 0 Å². The Hall–Kier alpha value is -2.16. The fourth-order valence-corrected chi connectivity index (χ4v) is 3.95. The first-order chi connectivity index (χ1) is 10.9. The van der Waals surface area contributed by atoms with Crippen molar-refractivity contribution in [1.29, 1.82) is 0 Å². The topological polar surface area (TPSA) is 42.0 Å². The highest BCUT2D eigenvalue weighted by Crippen LogP contribution is 2.29. The lowest BCUT2D eigenvalue weighted by Crippen LogP contribution is -2.13. The van der Waals surface area contributed by atoms with Crippen LogP contribution in [0.2, 0.25) is 0 Å². The van der Waals surface area contributed by atoms with Crippen LogP contribution in [-0.4, -0.2) is 10.9 Å². The van der Waals surface area contributed by atoms with Gasteiger partial charge in [-0.3, -0.25) is 10.1 Å². The summed E-state index contributed by atoms with van der Waals surface area (Å²) in [4.78, 5) is 17.6. The molecule has 3 nitrogen and oxygen atoms in total. The Morgan fingerprint density at radius 3 is 2.74 bits per heavy atom. The van der Waals surface area contributed by atoms with Gasteiger partial charge in [0.1, 0.15) is 0 Å². The van der Waals surface area contributed by atoms with Crippen molar-refractivity contribution in [3.8, 4) is 12.3 Å². The van der Waals surface area contributed by atoms with Crippen molar-refractivity contribution < 1.29 is 4.79 Å². The summed E-state index contributed by atoms with van der Waals surface area (Å²) in [5.74, 6) is 2.47. The first-order valence-electron chi connectivity index (χ1n) is 7.14. The van der Waals surface area contributed by atoms with Crippen molar-refractivity contribution in [2.24, 2.45) is 0 Å². The number of benzene rings is 1. The van der Waals surface area contributed by atoms with E-state index in [0.717, 1.165) is 21.3 Å². The number of hydrogen-bond donors (Lipinski definition) is 1. The van der Waals surface area contributed by atoms with Crippen LogP contribution < -0.4 is 5.32 Å². The van der Waals surface area contributed by atoms with Crippen LogP contribution in [0.4, 0.5) is 5.13 Å². The maximum absolute atomic E-state index is 12.4. The van der Waals surface area contributed by atoms with E-state index in [1.165, 1.54) is 22.7 Å². The minimum Gasteiger partial charge on any atom is -0.297 e. The predicted molar refractivity (Wildman–Crippen MR) is 98.5 cm³/mol. The second-order valence-electron chi connectivity index (χ2n) is 6.25. The predicted octanol–water partition coefficient (Wildman–Crippen LogP) is 4.89. The smallest absolute Gasteiger partial charge is 0.267 e. The Balaban J connectivity index is 1.83. The fraction of sp³-hybridized carbons (Fsp3) is 0.222. The van der Waals surface area contributed by atoms with E-state index in [0.29, 0.717) is 10.0 Å². The van der Waals surface area contributed by atoms with Crippen molar-refractivity contribution in [2.45, 2.75) is 26.2 Å². The van der Waals surface area contributed by atoms with Gasteiger partial charge in [0.15, 0.2) is 5.13 Å². The van der Waals surface area contributed by atoms with Gasteiger partial charge in [0.2, 0.25) is 0 Å². The van der Waals surface area contributed by atoms with E-state index in [1.807, 2.05) is 29.6 Å². The minimum absolute atomic E-state index is 0.0251. The van der Waals surface area contributed by atoms with E-state index in [4.69, 9.17) is 6.42 Å². The molecule has 0 aliphatic heterocycles. The number of rotatable bonds is 2. The quantitative estimate of drug-likeness (QED) is 0.675. The van der Waals surface area contributed by atoms with Gasteiger partial charge in [0.05, 0.1) is 10.6 Å². The Bertz CT molecular complexity index is 923. The summed E-state index contributed by atoms with van der Waals surface area (Å²) in [5.41, 5.74) is 1.77. The molecule has 0 unspecified atom stereocenters. The number of fused-ring (bicyclic) bond motifs is 1. The molecule has 0 atom stereocenters. The molecule has 2 aromatic heterocycles. The lowest BCUT2D eigenvalue weighted by Gasteiger charge is -2.14. The summed E-state index contributed by atoms with van der Waals surface area (Å²) in [7, 11) is 0. The van der Waals surface area contributed by atoms with Crippen molar-refractivity contribution in [2.75, 3.05) is 5.32 Å². The van der Waals surface area contributed by atoms with Crippen LogP contribution >= 0.6 is 22.7 Å². The van der Waals surface area contributed by atoms with Crippen LogP contribution in [0.15, 0.2) is 29.6 Å². The third kappa shape index (κ3) is 3.29. The molecule has 0 radical (unpaired) electrons. The molecule has 3 rings (SSSR count). The summed E-state index contributed by atoms with van der Waals surface area (Å²) in [6.07, 6.45) is 5.41. The third-order valence-corrected chi connectivity index (χ3v) is 5.27. The summed E-state index contributed by atoms with van der Waals surface area (Å²) < 4.78 is 1.05. The Morgan fingerprint density at radius 1 is 1.30 bits per heavy atom. The zero-order chi connectivity index (χ0) is 16.6. The number of terminal acetylenes is 1. The number of aromatic nitrogens is 1. The molecule has 3 aromatic rings. The largest absolute Gasteiger partial charge is 0.297 e. The molecule has 0 aliphatic carbocycles. The number of thiophene rings is 1. The lowest BCUT2D eigenvalue weighted by atomic mass is 9.93. The average Bonchev–Trinajstić information content (AvgIpc) is 3.11. The Labute approximate surface area is 143 Å². The van der Waals surface area contributed by atoms with Crippen molar-refractivity contribution in [3.05, 3.63) is 45.8 Å². The number of hydrogen-bond acceptors (Lipinski definition) is 4. The van der Waals surface area contributed by atoms with Crippen molar-refractivity contribution in [1.82, 2.24) is 4.98 Å². The number of nitrogens with zero attached hydrogens (tertiary/aromatic N) is 1. The molecule has 0 saturated heterocycles. The van der Waals surface area contributed by atoms with Crippen LogP contribution in [0.3, 0.4) is 0 Å². The Kier molecular flexibility index (Phi) is 3.97. The molecule has 1 amide bonds. The van der Waals surface area contributed by atoms with Gasteiger partial charge < -0.3 is 0 Å². The molecule has 0 fully saturated rings. The maximum Gasteiger partial charge on any atom is 0.267 e. The van der Waals surface area contributed by atoms with Gasteiger partial charge >= 0.3 is 0 Å². The van der Waals surface area contributed by atoms with Crippen molar-refractivity contribution >= 4 is 43.8 Å². The SMILES string of the molecule is C#Cc1ccc2sc(C(=O)Nc3nc(C(C)(C)C)cs3)cc2c1. The summed E-state index contributed by atoms with van der Waals surface area (Å²) in [5, 5.41) is 6.48. The van der Waals surface area contributed by atoms with Gasteiger partial charge in [-0.15, -0.1) is 29.1 Å². The van der Waals surface area contributed by atoms with Crippen LogP contribution in [0, 0.1) is 12.3 Å². The van der Waals surface area contributed by atoms with Crippen LogP contribution in [0.25, 0.3) is 10.1 Å². The summed E-state index contributed by atoms with van der Waals surface area (Å²) >= 11 is 2.90. The highest BCUT2D eigenvalue weighted by molar-refractivity contribution is 7.21. The molecule has 0 spiro atoms. The second-order valence-corrected chi connectivity index (χ2v) is 8.19. The molecule has 0 bridgehead atoms. The summed E-state index contributed by atoms with van der Waals surface area (Å²) in [6, 6.07) is 7.63. The van der Waals surface area contributed by atoms with Gasteiger partial charge in [-0.25, -0.2) is 4.98 Å². The number of thiazole rings is 1. The van der Waals surface area contributed by atoms with E-state index in [-0.39, 0.29) is 11.3 Å². The van der Waals surface area contributed by atoms with E-state index < -0.39 is 0 Å².